The second kappa shape index (κ2) is 20.2. The number of phosphoric acid groups is 3. The molecule has 1 fully saturated rings. The van der Waals surface area contributed by atoms with Gasteiger partial charge in [-0.25, -0.2) is 0 Å². The van der Waals surface area contributed by atoms with Crippen LogP contribution < -0.4 is 207 Å². The number of hydrogen-bond donors (Lipinski definition) is 3. The van der Waals surface area contributed by atoms with E-state index in [1.54, 1.807) is 0 Å². The molecule has 30 heavy (non-hydrogen) atoms. The molecule has 1 saturated carbocycles. The van der Waals surface area contributed by atoms with Crippen molar-refractivity contribution >= 4 is 23.5 Å². The molecule has 24 heteroatoms. The third-order valence-electron chi connectivity index (χ3n) is 2.77. The van der Waals surface area contributed by atoms with Crippen LogP contribution in [0.15, 0.2) is 0 Å². The zero-order valence-electron chi connectivity index (χ0n) is 17.0. The first-order valence-electron chi connectivity index (χ1n) is 5.67. The maximum atomic E-state index is 10.6. The molecule has 144 valence electrons. The van der Waals surface area contributed by atoms with Crippen LogP contribution in [0.3, 0.4) is 0 Å². The second-order valence-electron chi connectivity index (χ2n) is 4.52. The minimum atomic E-state index is -6.01. The largest absolute Gasteiger partial charge is 1.00 e. The fourth-order valence-electron chi connectivity index (χ4n) is 1.98. The summed E-state index contributed by atoms with van der Waals surface area (Å²) in [6.45, 7) is 0. The molecule has 0 bridgehead atoms. The summed E-state index contributed by atoms with van der Waals surface area (Å²) >= 11 is 0. The molecule has 0 unspecified atom stereocenters. The van der Waals surface area contributed by atoms with E-state index in [-0.39, 0.29) is 177 Å². The van der Waals surface area contributed by atoms with E-state index in [9.17, 15) is 58.4 Å². The minimum absolute atomic E-state index is 0. The summed E-state index contributed by atoms with van der Waals surface area (Å²) in [7, 11) is -17.9. The standard InChI is InChI=1S/C6H15O15P3.6Na/c7-1-2(8)5(20-23(13,14)15)6(21-24(16,17)18)3(9)4(1)19-22(10,11)12;;;;;;/h1-9H,(H2,10,11,12)(H2,13,14,15)(H2,16,17,18);;;;;;/q;6*+1/p-6/t1-,2-,3-,4-,5+,6+;;;;;;/m1....../s1. The van der Waals surface area contributed by atoms with Crippen molar-refractivity contribution in [1.82, 2.24) is 0 Å². The van der Waals surface area contributed by atoms with Crippen molar-refractivity contribution < 1.29 is 249 Å². The molecule has 0 aliphatic heterocycles. The molecule has 0 aromatic carbocycles. The molecular weight excluding hydrogens is 543 g/mol. The average Bonchev–Trinajstić information content (AvgIpc) is 2.32. The number of aliphatic hydroxyl groups is 3. The fourth-order valence-corrected chi connectivity index (χ4v) is 3.62. The van der Waals surface area contributed by atoms with Crippen LogP contribution in [0.1, 0.15) is 0 Å². The Morgan fingerprint density at radius 2 is 0.667 bits per heavy atom. The van der Waals surface area contributed by atoms with Crippen molar-refractivity contribution in [1.29, 1.82) is 0 Å². The van der Waals surface area contributed by atoms with Crippen molar-refractivity contribution in [2.45, 2.75) is 36.6 Å². The van der Waals surface area contributed by atoms with Crippen LogP contribution in [0.2, 0.25) is 0 Å². The maximum Gasteiger partial charge on any atom is 1.00 e. The topological polar surface area (TPSA) is 278 Å². The molecule has 6 atom stereocenters. The van der Waals surface area contributed by atoms with Gasteiger partial charge in [0.25, 0.3) is 0 Å². The van der Waals surface area contributed by atoms with E-state index in [4.69, 9.17) is 0 Å². The van der Waals surface area contributed by atoms with E-state index in [1.165, 1.54) is 0 Å². The molecular formula is C6H9Na6O15P3. The molecule has 1 rings (SSSR count). The van der Waals surface area contributed by atoms with Crippen LogP contribution in [0.25, 0.3) is 0 Å². The first-order valence-corrected chi connectivity index (χ1v) is 10.1. The molecule has 0 radical (unpaired) electrons. The molecule has 0 amide bonds. The summed E-state index contributed by atoms with van der Waals surface area (Å²) in [6, 6.07) is 0. The summed E-state index contributed by atoms with van der Waals surface area (Å²) in [5.41, 5.74) is 0. The zero-order valence-corrected chi connectivity index (χ0v) is 31.7. The first-order chi connectivity index (χ1) is 10.5. The molecule has 0 aromatic heterocycles. The normalized spacial score (nSPS) is 28.7. The van der Waals surface area contributed by atoms with E-state index < -0.39 is 60.1 Å². The monoisotopic (exact) mass is 552 g/mol. The average molecular weight is 552 g/mol. The van der Waals surface area contributed by atoms with Gasteiger partial charge >= 0.3 is 177 Å². The molecule has 0 spiro atoms. The zero-order chi connectivity index (χ0) is 19.1. The van der Waals surface area contributed by atoms with Crippen molar-refractivity contribution in [2.75, 3.05) is 0 Å². The molecule has 0 aromatic rings. The van der Waals surface area contributed by atoms with E-state index in [1.807, 2.05) is 0 Å². The van der Waals surface area contributed by atoms with Gasteiger partial charge in [0.2, 0.25) is 0 Å². The molecule has 15 nitrogen and oxygen atoms in total. The summed E-state index contributed by atoms with van der Waals surface area (Å²) in [6.07, 6.45) is -15.7. The van der Waals surface area contributed by atoms with E-state index in [0.29, 0.717) is 0 Å². The number of hydrogen-bond acceptors (Lipinski definition) is 15. The Balaban J connectivity index is -0.000000240. The number of phosphoric ester groups is 3. The van der Waals surface area contributed by atoms with Crippen LogP contribution in [-0.4, -0.2) is 51.9 Å². The Hall–Kier alpha value is 6.21. The van der Waals surface area contributed by atoms with Crippen LogP contribution >= 0.6 is 23.5 Å². The fraction of sp³-hybridized carbons (Fsp3) is 1.00. The Morgan fingerprint density at radius 1 is 0.467 bits per heavy atom. The van der Waals surface area contributed by atoms with Crippen molar-refractivity contribution in [3.63, 3.8) is 0 Å². The predicted octanol–water partition coefficient (Wildman–Crippen LogP) is -25.3. The van der Waals surface area contributed by atoms with Crippen molar-refractivity contribution in [3.05, 3.63) is 0 Å². The summed E-state index contributed by atoms with van der Waals surface area (Å²) in [5, 5.41) is 28.9. The summed E-state index contributed by atoms with van der Waals surface area (Å²) in [4.78, 5) is 63.6. The molecule has 1 aliphatic rings. The smallest absolute Gasteiger partial charge is 0.790 e. The number of aliphatic hydroxyl groups excluding tert-OH is 3. The van der Waals surface area contributed by atoms with E-state index in [2.05, 4.69) is 13.6 Å². The third-order valence-corrected chi connectivity index (χ3v) is 4.28. The van der Waals surface area contributed by atoms with Crippen molar-refractivity contribution in [3.8, 4) is 0 Å². The predicted molar refractivity (Wildman–Crippen MR) is 55.5 cm³/mol. The Morgan fingerprint density at radius 3 is 0.933 bits per heavy atom. The van der Waals surface area contributed by atoms with Crippen LogP contribution in [0.4, 0.5) is 0 Å². The van der Waals surface area contributed by atoms with Gasteiger partial charge in [0.1, 0.15) is 36.6 Å². The van der Waals surface area contributed by atoms with Crippen LogP contribution in [-0.2, 0) is 27.3 Å². The van der Waals surface area contributed by atoms with Gasteiger partial charge in [0, 0.05) is 0 Å². The Bertz CT molecular complexity index is 595. The molecule has 3 N–H and O–H groups in total. The Kier molecular flexibility index (Phi) is 33.1. The maximum absolute atomic E-state index is 10.6. The summed E-state index contributed by atoms with van der Waals surface area (Å²) in [5.74, 6) is 0. The summed E-state index contributed by atoms with van der Waals surface area (Å²) < 4.78 is 43.0. The molecule has 1 aliphatic carbocycles. The van der Waals surface area contributed by atoms with Gasteiger partial charge in [0.05, 0.1) is 23.5 Å². The van der Waals surface area contributed by atoms with Gasteiger partial charge in [0.15, 0.2) is 0 Å². The molecule has 0 saturated heterocycles. The van der Waals surface area contributed by atoms with Gasteiger partial charge in [-0.2, -0.15) is 0 Å². The Labute approximate surface area is 303 Å². The van der Waals surface area contributed by atoms with Gasteiger partial charge in [-0.3, -0.25) is 0 Å². The van der Waals surface area contributed by atoms with Gasteiger partial charge in [-0.05, 0) is 0 Å². The van der Waals surface area contributed by atoms with E-state index >= 15 is 0 Å². The van der Waals surface area contributed by atoms with Gasteiger partial charge in [-0.1, -0.05) is 0 Å². The van der Waals surface area contributed by atoms with Gasteiger partial charge < -0.3 is 71.9 Å². The van der Waals surface area contributed by atoms with Gasteiger partial charge in [-0.15, -0.1) is 0 Å². The SMILES string of the molecule is O=P([O-])([O-])O[C@@H]1[C@H](O)[C@@H](O)[C@H](OP(=O)([O-])[O-])[C@@H](OP(=O)([O-])[O-])[C@@H]1O.[Na+].[Na+].[Na+].[Na+].[Na+].[Na+]. The quantitative estimate of drug-likeness (QED) is 0.204. The van der Waals surface area contributed by atoms with Crippen LogP contribution in [0.5, 0.6) is 0 Å². The third kappa shape index (κ3) is 18.5. The van der Waals surface area contributed by atoms with E-state index in [0.717, 1.165) is 0 Å². The second-order valence-corrected chi connectivity index (χ2v) is 7.84. The number of rotatable bonds is 6. The molecule has 0 heterocycles. The first kappa shape index (κ1) is 49.2. The minimum Gasteiger partial charge on any atom is -0.790 e. The van der Waals surface area contributed by atoms with Crippen LogP contribution in [0, 0.1) is 0 Å². The van der Waals surface area contributed by atoms with Crippen molar-refractivity contribution in [2.24, 2.45) is 0 Å².